The number of piperazine rings is 2. The number of aromatic nitrogens is 2. The number of ether oxygens (including phenoxy) is 2. The first kappa shape index (κ1) is 32.0. The van der Waals surface area contributed by atoms with E-state index in [4.69, 9.17) is 26.1 Å². The lowest BCUT2D eigenvalue weighted by Gasteiger charge is -2.34. The Labute approximate surface area is 274 Å². The van der Waals surface area contributed by atoms with Crippen LogP contribution in [0.1, 0.15) is 25.2 Å². The van der Waals surface area contributed by atoms with Crippen LogP contribution in [0.3, 0.4) is 0 Å². The maximum atomic E-state index is 14.4. The lowest BCUT2D eigenvalue weighted by atomic mass is 10.1. The van der Waals surface area contributed by atoms with Crippen LogP contribution in [0.2, 0.25) is 5.02 Å². The van der Waals surface area contributed by atoms with E-state index in [1.807, 2.05) is 55.1 Å². The summed E-state index contributed by atoms with van der Waals surface area (Å²) in [6, 6.07) is 20.7. The van der Waals surface area contributed by atoms with Crippen molar-refractivity contribution in [3.8, 4) is 17.2 Å². The fraction of sp³-hybridized carbons (Fsp3) is 0.400. The summed E-state index contributed by atoms with van der Waals surface area (Å²) in [4.78, 5) is 38.8. The van der Waals surface area contributed by atoms with Crippen molar-refractivity contribution in [1.29, 1.82) is 0 Å². The molecule has 11 heteroatoms. The van der Waals surface area contributed by atoms with Crippen LogP contribution < -0.4 is 20.3 Å². The summed E-state index contributed by atoms with van der Waals surface area (Å²) in [7, 11) is 0. The number of nitrogens with one attached hydrogen (secondary N) is 1. The summed E-state index contributed by atoms with van der Waals surface area (Å²) < 4.78 is 13.6. The van der Waals surface area contributed by atoms with Crippen molar-refractivity contribution in [2.75, 3.05) is 59.0 Å². The number of fused-ring (bicyclic) bond motifs is 1. The number of hydrogen-bond acceptors (Lipinski definition) is 8. The molecule has 3 heterocycles. The van der Waals surface area contributed by atoms with Crippen molar-refractivity contribution in [2.24, 2.45) is 0 Å². The van der Waals surface area contributed by atoms with E-state index in [0.29, 0.717) is 71.7 Å². The first-order valence-electron chi connectivity index (χ1n) is 16.0. The number of carbonyl (C=O) groups excluding carboxylic acids is 1. The van der Waals surface area contributed by atoms with Gasteiger partial charge in [0.25, 0.3) is 11.5 Å². The lowest BCUT2D eigenvalue weighted by molar-refractivity contribution is -0.135. The highest BCUT2D eigenvalue weighted by Gasteiger charge is 2.25. The molecular formula is C35H41ClN6O4. The zero-order valence-corrected chi connectivity index (χ0v) is 27.2. The van der Waals surface area contributed by atoms with E-state index in [1.54, 1.807) is 28.8 Å². The molecule has 2 aliphatic heterocycles. The van der Waals surface area contributed by atoms with Gasteiger partial charge < -0.3 is 19.7 Å². The van der Waals surface area contributed by atoms with Gasteiger partial charge in [-0.05, 0) is 67.9 Å². The lowest BCUT2D eigenvalue weighted by Crippen LogP contribution is -2.50. The molecule has 0 atom stereocenters. The van der Waals surface area contributed by atoms with Crippen molar-refractivity contribution in [2.45, 2.75) is 33.0 Å². The molecule has 6 rings (SSSR count). The zero-order chi connectivity index (χ0) is 32.0. The Kier molecular flexibility index (Phi) is 10.2. The summed E-state index contributed by atoms with van der Waals surface area (Å²) in [5.41, 5.74) is 2.33. The molecule has 0 bridgehead atoms. The highest BCUT2D eigenvalue weighted by atomic mass is 35.5. The van der Waals surface area contributed by atoms with Gasteiger partial charge in [0.05, 0.1) is 29.2 Å². The van der Waals surface area contributed by atoms with Crippen LogP contribution in [-0.2, 0) is 17.9 Å². The SMILES string of the molecule is CC(C)Oc1ccccc1-n1c(CN2CCN(C(=O)COc3ccc(Cl)cc3)CC2)nc2ccc(CN3CCNCC3)cc2c1=O. The molecule has 46 heavy (non-hydrogen) atoms. The van der Waals surface area contributed by atoms with Gasteiger partial charge in [0.2, 0.25) is 0 Å². The normalized spacial score (nSPS) is 16.2. The molecule has 0 radical (unpaired) electrons. The molecule has 242 valence electrons. The molecule has 1 N–H and O–H groups in total. The van der Waals surface area contributed by atoms with Gasteiger partial charge in [-0.25, -0.2) is 4.98 Å². The van der Waals surface area contributed by atoms with Gasteiger partial charge >= 0.3 is 0 Å². The van der Waals surface area contributed by atoms with Crippen molar-refractivity contribution < 1.29 is 14.3 Å². The summed E-state index contributed by atoms with van der Waals surface area (Å²) in [5.74, 6) is 1.81. The molecule has 1 aromatic heterocycles. The summed E-state index contributed by atoms with van der Waals surface area (Å²) in [6.45, 7) is 11.5. The molecule has 2 saturated heterocycles. The molecule has 10 nitrogen and oxygen atoms in total. The summed E-state index contributed by atoms with van der Waals surface area (Å²) >= 11 is 5.95. The fourth-order valence-electron chi connectivity index (χ4n) is 5.98. The maximum Gasteiger partial charge on any atom is 0.266 e. The number of halogens is 1. The molecule has 0 spiro atoms. The fourth-order valence-corrected chi connectivity index (χ4v) is 6.10. The first-order valence-corrected chi connectivity index (χ1v) is 16.3. The van der Waals surface area contributed by atoms with Crippen molar-refractivity contribution in [3.05, 3.63) is 93.5 Å². The molecule has 3 aromatic carbocycles. The van der Waals surface area contributed by atoms with Crippen LogP contribution in [0, 0.1) is 0 Å². The smallest absolute Gasteiger partial charge is 0.266 e. The van der Waals surface area contributed by atoms with Gasteiger partial charge in [-0.1, -0.05) is 29.8 Å². The highest BCUT2D eigenvalue weighted by Crippen LogP contribution is 2.26. The zero-order valence-electron chi connectivity index (χ0n) is 26.5. The Hall–Kier alpha value is -3.96. The second kappa shape index (κ2) is 14.6. The number of amides is 1. The van der Waals surface area contributed by atoms with Gasteiger partial charge in [0.1, 0.15) is 17.3 Å². The predicted molar refractivity (Wildman–Crippen MR) is 180 cm³/mol. The largest absolute Gasteiger partial charge is 0.489 e. The third-order valence-corrected chi connectivity index (χ3v) is 8.60. The predicted octanol–water partition coefficient (Wildman–Crippen LogP) is 3.95. The summed E-state index contributed by atoms with van der Waals surface area (Å²) in [5, 5.41) is 4.60. The van der Waals surface area contributed by atoms with Crippen molar-refractivity contribution in [1.82, 2.24) is 29.6 Å². The Morgan fingerprint density at radius 3 is 2.37 bits per heavy atom. The molecule has 2 aliphatic rings. The Morgan fingerprint density at radius 2 is 1.63 bits per heavy atom. The second-order valence-corrected chi connectivity index (χ2v) is 12.5. The van der Waals surface area contributed by atoms with Crippen LogP contribution in [0.25, 0.3) is 16.6 Å². The maximum absolute atomic E-state index is 14.4. The third kappa shape index (κ3) is 7.70. The van der Waals surface area contributed by atoms with Crippen LogP contribution in [0.5, 0.6) is 11.5 Å². The highest BCUT2D eigenvalue weighted by molar-refractivity contribution is 6.30. The monoisotopic (exact) mass is 644 g/mol. The van der Waals surface area contributed by atoms with Crippen LogP contribution in [0.15, 0.2) is 71.5 Å². The van der Waals surface area contributed by atoms with E-state index >= 15 is 0 Å². The minimum atomic E-state index is -0.116. The Bertz CT molecular complexity index is 1710. The van der Waals surface area contributed by atoms with E-state index < -0.39 is 0 Å². The quantitative estimate of drug-likeness (QED) is 0.278. The molecular weight excluding hydrogens is 604 g/mol. The molecule has 0 unspecified atom stereocenters. The average Bonchev–Trinajstić information content (AvgIpc) is 3.06. The number of carbonyl (C=O) groups is 1. The first-order chi connectivity index (χ1) is 22.3. The van der Waals surface area contributed by atoms with Crippen molar-refractivity contribution in [3.63, 3.8) is 0 Å². The molecule has 2 fully saturated rings. The molecule has 4 aromatic rings. The van der Waals surface area contributed by atoms with Crippen molar-refractivity contribution >= 4 is 28.4 Å². The van der Waals surface area contributed by atoms with Crippen LogP contribution in [-0.4, -0.2) is 95.2 Å². The van der Waals surface area contributed by atoms with Gasteiger partial charge in [-0.15, -0.1) is 0 Å². The van der Waals surface area contributed by atoms with Gasteiger partial charge in [0, 0.05) is 63.9 Å². The van der Waals surface area contributed by atoms with E-state index in [-0.39, 0.29) is 24.2 Å². The molecule has 0 saturated carbocycles. The topological polar surface area (TPSA) is 92.2 Å². The number of para-hydroxylation sites is 2. The van der Waals surface area contributed by atoms with E-state index in [2.05, 4.69) is 21.2 Å². The third-order valence-electron chi connectivity index (χ3n) is 8.35. The Morgan fingerprint density at radius 1 is 0.913 bits per heavy atom. The van der Waals surface area contributed by atoms with E-state index in [9.17, 15) is 9.59 Å². The number of benzene rings is 3. The van der Waals surface area contributed by atoms with Gasteiger partial charge in [-0.3, -0.25) is 24.0 Å². The minimum Gasteiger partial charge on any atom is -0.489 e. The van der Waals surface area contributed by atoms with Crippen LogP contribution in [0.4, 0.5) is 0 Å². The van der Waals surface area contributed by atoms with Crippen LogP contribution >= 0.6 is 11.6 Å². The number of hydrogen-bond donors (Lipinski definition) is 1. The molecule has 0 aliphatic carbocycles. The molecule has 1 amide bonds. The van der Waals surface area contributed by atoms with Gasteiger partial charge in [-0.2, -0.15) is 0 Å². The number of nitrogens with zero attached hydrogens (tertiary/aromatic N) is 5. The number of rotatable bonds is 10. The average molecular weight is 645 g/mol. The van der Waals surface area contributed by atoms with E-state index in [0.717, 1.165) is 38.3 Å². The minimum absolute atomic E-state index is 0.0311. The second-order valence-electron chi connectivity index (χ2n) is 12.1. The standard InChI is InChI=1S/C35H41ClN6O4/c1-25(2)46-32-6-4-3-5-31(32)42-33(38-30-12-7-26(21-29(30)35(42)44)22-39-15-13-37-14-16-39)23-40-17-19-41(20-18-40)34(43)24-45-28-10-8-27(36)9-11-28/h3-12,21,25,37H,13-20,22-24H2,1-2H3. The van der Waals surface area contributed by atoms with E-state index in [1.165, 1.54) is 0 Å². The summed E-state index contributed by atoms with van der Waals surface area (Å²) in [6.07, 6.45) is -0.0614. The van der Waals surface area contributed by atoms with Gasteiger partial charge in [0.15, 0.2) is 6.61 Å². The Balaban J connectivity index is 1.23.